The molecule has 3 aromatic heterocycles. The second-order valence-corrected chi connectivity index (χ2v) is 15.6. The summed E-state index contributed by atoms with van der Waals surface area (Å²) in [5.74, 6) is 2.50. The van der Waals surface area contributed by atoms with Crippen LogP contribution in [0.2, 0.25) is 0 Å². The summed E-state index contributed by atoms with van der Waals surface area (Å²) >= 11 is 0. The van der Waals surface area contributed by atoms with Gasteiger partial charge in [-0.2, -0.15) is 4.31 Å². The van der Waals surface area contributed by atoms with E-state index in [2.05, 4.69) is 27.0 Å². The summed E-state index contributed by atoms with van der Waals surface area (Å²) in [7, 11) is 1.35. The molecule has 55 heavy (non-hydrogen) atoms. The lowest BCUT2D eigenvalue weighted by molar-refractivity contribution is 0.0906. The largest absolute Gasteiger partial charge is 0.497 e. The van der Waals surface area contributed by atoms with Crippen LogP contribution in [-0.4, -0.2) is 90.8 Å². The Morgan fingerprint density at radius 1 is 0.891 bits per heavy atom. The van der Waals surface area contributed by atoms with E-state index in [9.17, 15) is 12.8 Å². The molecule has 1 N–H and O–H groups in total. The van der Waals surface area contributed by atoms with Crippen molar-refractivity contribution in [3.8, 4) is 28.6 Å². The van der Waals surface area contributed by atoms with Gasteiger partial charge in [0.05, 0.1) is 45.2 Å². The lowest BCUT2D eigenvalue weighted by Gasteiger charge is -2.42. The van der Waals surface area contributed by atoms with E-state index in [4.69, 9.17) is 29.2 Å². The van der Waals surface area contributed by atoms with Gasteiger partial charge < -0.3 is 24.4 Å². The number of pyridine rings is 2. The molecule has 6 rings (SSSR count). The zero-order valence-corrected chi connectivity index (χ0v) is 33.0. The summed E-state index contributed by atoms with van der Waals surface area (Å²) in [6.45, 7) is 8.41. The highest BCUT2D eigenvalue weighted by molar-refractivity contribution is 7.88. The number of nitrogens with zero attached hydrogens (tertiary/aromatic N) is 7. The molecule has 0 saturated carbocycles. The summed E-state index contributed by atoms with van der Waals surface area (Å²) in [5, 5.41) is 3.26. The van der Waals surface area contributed by atoms with Crippen molar-refractivity contribution in [2.45, 2.75) is 45.9 Å². The number of hydrogen-bond donors (Lipinski definition) is 1. The average Bonchev–Trinajstić information content (AvgIpc) is 3.17. The highest BCUT2D eigenvalue weighted by atomic mass is 32.2. The van der Waals surface area contributed by atoms with Crippen molar-refractivity contribution in [1.82, 2.24) is 29.1 Å². The van der Waals surface area contributed by atoms with Crippen LogP contribution >= 0.6 is 0 Å². The van der Waals surface area contributed by atoms with Gasteiger partial charge in [-0.15, -0.1) is 0 Å². The smallest absolute Gasteiger partial charge is 0.250 e. The highest BCUT2D eigenvalue weighted by Gasteiger charge is 2.32. The molecule has 0 unspecified atom stereocenters. The topological polar surface area (TPSA) is 135 Å². The van der Waals surface area contributed by atoms with Crippen LogP contribution in [0.3, 0.4) is 0 Å². The van der Waals surface area contributed by atoms with Crippen LogP contribution in [0.1, 0.15) is 42.4 Å². The quantitative estimate of drug-likeness (QED) is 0.134. The zero-order chi connectivity index (χ0) is 39.3. The van der Waals surface area contributed by atoms with Crippen LogP contribution in [0, 0.1) is 12.7 Å². The van der Waals surface area contributed by atoms with Crippen molar-refractivity contribution in [2.75, 3.05) is 57.4 Å². The number of anilines is 3. The van der Waals surface area contributed by atoms with Crippen LogP contribution in [0.4, 0.5) is 21.7 Å². The molecular formula is C40H47FN8O5S. The number of aromatic nitrogens is 4. The van der Waals surface area contributed by atoms with Gasteiger partial charge in [0.1, 0.15) is 29.0 Å². The molecule has 1 saturated heterocycles. The first-order valence-corrected chi connectivity index (χ1v) is 19.7. The fraction of sp³-hybridized carbons (Fsp3) is 0.350. The lowest BCUT2D eigenvalue weighted by Crippen LogP contribution is -2.53. The fourth-order valence-electron chi connectivity index (χ4n) is 6.76. The molecule has 290 valence electrons. The van der Waals surface area contributed by atoms with E-state index in [1.807, 2.05) is 74.5 Å². The maximum atomic E-state index is 14.8. The molecule has 1 fully saturated rings. The summed E-state index contributed by atoms with van der Waals surface area (Å²) in [5.41, 5.74) is 4.69. The Morgan fingerprint density at radius 3 is 2.07 bits per heavy atom. The SMILES string of the molecule is COc1ccc(CN(Cc2ccc(OC)cc2)c2cc(-c3cc([C@@H](C)N4CCN(S(C)(=O)=O)C[C@@H]4C)cnc3Nc3cnc(OC)c(F)c3)nc(C)n2)cc1. The Labute approximate surface area is 322 Å². The number of rotatable bonds is 14. The Bertz CT molecular complexity index is 2160. The first kappa shape index (κ1) is 39.3. The van der Waals surface area contributed by atoms with Gasteiger partial charge in [-0.25, -0.2) is 32.7 Å². The molecule has 0 radical (unpaired) electrons. The lowest BCUT2D eigenvalue weighted by atomic mass is 10.0. The van der Waals surface area contributed by atoms with Crippen molar-refractivity contribution in [3.05, 3.63) is 107 Å². The maximum absolute atomic E-state index is 14.8. The van der Waals surface area contributed by atoms with Gasteiger partial charge in [0.2, 0.25) is 15.9 Å². The van der Waals surface area contributed by atoms with Gasteiger partial charge in [0, 0.05) is 68.7 Å². The van der Waals surface area contributed by atoms with Gasteiger partial charge >= 0.3 is 0 Å². The van der Waals surface area contributed by atoms with E-state index in [1.54, 1.807) is 20.4 Å². The van der Waals surface area contributed by atoms with E-state index in [1.165, 1.54) is 29.9 Å². The molecule has 0 bridgehead atoms. The van der Waals surface area contributed by atoms with Gasteiger partial charge in [0.15, 0.2) is 5.82 Å². The number of halogens is 1. The molecule has 4 heterocycles. The summed E-state index contributed by atoms with van der Waals surface area (Å²) < 4.78 is 56.8. The summed E-state index contributed by atoms with van der Waals surface area (Å²) in [6.07, 6.45) is 4.51. The fourth-order valence-corrected chi connectivity index (χ4v) is 7.66. The van der Waals surface area contributed by atoms with Crippen molar-refractivity contribution in [3.63, 3.8) is 0 Å². The van der Waals surface area contributed by atoms with Crippen LogP contribution in [0.25, 0.3) is 11.3 Å². The standard InChI is InChI=1S/C40H47FN8O5S/c1-26-23-48(55(7,50)51)16-17-49(26)27(2)31-18-35(39(42-21-31)46-32-19-36(41)40(54-6)43-22-32)37-20-38(45-28(3)44-37)47(24-29-8-12-33(52-4)13-9-29)25-30-10-14-34(53-5)15-11-30/h8-15,18-22,26-27H,16-17,23-25H2,1-7H3,(H,42,46)/t26-,27+/m0/s1. The monoisotopic (exact) mass is 770 g/mol. The molecular weight excluding hydrogens is 724 g/mol. The van der Waals surface area contributed by atoms with Gasteiger partial charge in [-0.05, 0) is 67.8 Å². The van der Waals surface area contributed by atoms with E-state index in [-0.39, 0.29) is 18.0 Å². The number of ether oxygens (including phenoxy) is 3. The second kappa shape index (κ2) is 17.0. The normalized spacial score (nSPS) is 15.7. The number of aryl methyl sites for hydroxylation is 1. The summed E-state index contributed by atoms with van der Waals surface area (Å²) in [6, 6.07) is 21.0. The van der Waals surface area contributed by atoms with E-state index in [0.29, 0.717) is 67.1 Å². The number of benzene rings is 2. The van der Waals surface area contributed by atoms with Gasteiger partial charge in [-0.1, -0.05) is 24.3 Å². The van der Waals surface area contributed by atoms with E-state index in [0.717, 1.165) is 28.2 Å². The minimum Gasteiger partial charge on any atom is -0.497 e. The van der Waals surface area contributed by atoms with Crippen LogP contribution in [0.15, 0.2) is 79.1 Å². The zero-order valence-electron chi connectivity index (χ0n) is 32.2. The van der Waals surface area contributed by atoms with Crippen molar-refractivity contribution >= 4 is 27.3 Å². The van der Waals surface area contributed by atoms with Crippen LogP contribution < -0.4 is 24.4 Å². The Balaban J connectivity index is 1.41. The van der Waals surface area contributed by atoms with Gasteiger partial charge in [0.25, 0.3) is 0 Å². The third-order valence-electron chi connectivity index (χ3n) is 9.75. The minimum atomic E-state index is -3.30. The predicted molar refractivity (Wildman–Crippen MR) is 211 cm³/mol. The first-order valence-electron chi connectivity index (χ1n) is 17.9. The van der Waals surface area contributed by atoms with E-state index < -0.39 is 15.8 Å². The average molecular weight is 771 g/mol. The highest BCUT2D eigenvalue weighted by Crippen LogP contribution is 2.35. The molecule has 1 aliphatic heterocycles. The predicted octanol–water partition coefficient (Wildman–Crippen LogP) is 6.38. The molecule has 0 spiro atoms. The Kier molecular flexibility index (Phi) is 12.1. The molecule has 15 heteroatoms. The van der Waals surface area contributed by atoms with Gasteiger partial charge in [-0.3, -0.25) is 4.90 Å². The number of methoxy groups -OCH3 is 3. The van der Waals surface area contributed by atoms with Crippen molar-refractivity contribution < 1.29 is 27.0 Å². The molecule has 2 atom stereocenters. The molecule has 5 aromatic rings. The minimum absolute atomic E-state index is 0.0366. The van der Waals surface area contributed by atoms with Crippen molar-refractivity contribution in [2.24, 2.45) is 0 Å². The number of sulfonamides is 1. The molecule has 0 amide bonds. The Hall–Kier alpha value is -5.38. The number of nitrogens with one attached hydrogen (secondary N) is 1. The van der Waals surface area contributed by atoms with Crippen LogP contribution in [0.5, 0.6) is 17.4 Å². The maximum Gasteiger partial charge on any atom is 0.250 e. The first-order chi connectivity index (χ1) is 26.3. The molecule has 1 aliphatic rings. The summed E-state index contributed by atoms with van der Waals surface area (Å²) in [4.78, 5) is 23.3. The second-order valence-electron chi connectivity index (χ2n) is 13.6. The van der Waals surface area contributed by atoms with Crippen LogP contribution in [-0.2, 0) is 23.1 Å². The molecule has 2 aromatic carbocycles. The van der Waals surface area contributed by atoms with E-state index >= 15 is 0 Å². The number of hydrogen-bond acceptors (Lipinski definition) is 12. The molecule has 0 aliphatic carbocycles. The Morgan fingerprint density at radius 2 is 1.53 bits per heavy atom. The molecule has 13 nitrogen and oxygen atoms in total. The van der Waals surface area contributed by atoms with Crippen molar-refractivity contribution in [1.29, 1.82) is 0 Å². The third-order valence-corrected chi connectivity index (χ3v) is 11.0. The third kappa shape index (κ3) is 9.47. The number of piperazine rings is 1.